The van der Waals surface area contributed by atoms with Crippen LogP contribution in [0.1, 0.15) is 28.8 Å². The lowest BCUT2D eigenvalue weighted by molar-refractivity contribution is 0.0911. The average molecular weight is 298 g/mol. The van der Waals surface area contributed by atoms with E-state index < -0.39 is 0 Å². The van der Waals surface area contributed by atoms with Crippen molar-refractivity contribution < 1.29 is 4.79 Å². The molecule has 1 unspecified atom stereocenters. The molecule has 3 rings (SSSR count). The van der Waals surface area contributed by atoms with Crippen LogP contribution in [-0.4, -0.2) is 46.8 Å². The second kappa shape index (κ2) is 6.75. The van der Waals surface area contributed by atoms with E-state index in [2.05, 4.69) is 22.4 Å². The third-order valence-corrected chi connectivity index (χ3v) is 4.11. The van der Waals surface area contributed by atoms with Gasteiger partial charge in [0.15, 0.2) is 0 Å². The van der Waals surface area contributed by atoms with Crippen LogP contribution in [0.5, 0.6) is 0 Å². The molecule has 1 aromatic carbocycles. The molecule has 1 aliphatic heterocycles. The fourth-order valence-corrected chi connectivity index (χ4v) is 3.00. The highest BCUT2D eigenvalue weighted by atomic mass is 16.1. The molecule has 0 saturated carbocycles. The lowest BCUT2D eigenvalue weighted by atomic mass is 10.0. The van der Waals surface area contributed by atoms with E-state index >= 15 is 0 Å². The normalized spacial score (nSPS) is 19.0. The lowest BCUT2D eigenvalue weighted by Gasteiger charge is -2.30. The van der Waals surface area contributed by atoms with Crippen molar-refractivity contribution in [3.63, 3.8) is 0 Å². The Bertz CT molecular complexity index is 623. The number of benzene rings is 1. The van der Waals surface area contributed by atoms with Crippen molar-refractivity contribution in [3.05, 3.63) is 53.9 Å². The summed E-state index contributed by atoms with van der Waals surface area (Å²) >= 11 is 0. The van der Waals surface area contributed by atoms with E-state index in [1.165, 1.54) is 0 Å². The van der Waals surface area contributed by atoms with Crippen LogP contribution in [0.3, 0.4) is 0 Å². The second-order valence-electron chi connectivity index (χ2n) is 5.94. The van der Waals surface area contributed by atoms with Gasteiger partial charge in [0.1, 0.15) is 0 Å². The Labute approximate surface area is 130 Å². The van der Waals surface area contributed by atoms with E-state index in [1.807, 2.05) is 41.2 Å². The topological polar surface area (TPSA) is 50.2 Å². The van der Waals surface area contributed by atoms with Gasteiger partial charge in [-0.2, -0.15) is 5.10 Å². The largest absolute Gasteiger partial charge is 0.348 e. The molecule has 0 bridgehead atoms. The van der Waals surface area contributed by atoms with Crippen molar-refractivity contribution >= 4 is 5.91 Å². The number of hydrogen-bond acceptors (Lipinski definition) is 3. The third-order valence-electron chi connectivity index (χ3n) is 4.11. The quantitative estimate of drug-likeness (QED) is 0.935. The van der Waals surface area contributed by atoms with Gasteiger partial charge in [-0.15, -0.1) is 0 Å². The van der Waals surface area contributed by atoms with E-state index in [0.717, 1.165) is 37.1 Å². The van der Waals surface area contributed by atoms with Gasteiger partial charge in [-0.3, -0.25) is 9.48 Å². The summed E-state index contributed by atoms with van der Waals surface area (Å²) < 4.78 is 1.83. The SMILES string of the molecule is CN1CCCC(NC(=O)c2ccccc2Cn2cccn2)C1. The number of amides is 1. The van der Waals surface area contributed by atoms with E-state index in [9.17, 15) is 4.79 Å². The highest BCUT2D eigenvalue weighted by Crippen LogP contribution is 2.13. The molecule has 5 nitrogen and oxygen atoms in total. The van der Waals surface area contributed by atoms with E-state index in [-0.39, 0.29) is 11.9 Å². The summed E-state index contributed by atoms with van der Waals surface area (Å²) in [5, 5.41) is 7.39. The van der Waals surface area contributed by atoms with Gasteiger partial charge in [0.25, 0.3) is 5.91 Å². The fraction of sp³-hybridized carbons (Fsp3) is 0.412. The van der Waals surface area contributed by atoms with Crippen LogP contribution in [0.4, 0.5) is 0 Å². The smallest absolute Gasteiger partial charge is 0.251 e. The highest BCUT2D eigenvalue weighted by molar-refractivity contribution is 5.95. The summed E-state index contributed by atoms with van der Waals surface area (Å²) in [4.78, 5) is 14.9. The van der Waals surface area contributed by atoms with Crippen LogP contribution in [0.15, 0.2) is 42.7 Å². The Morgan fingerprint density at radius 1 is 1.36 bits per heavy atom. The number of nitrogens with one attached hydrogen (secondary N) is 1. The first-order valence-corrected chi connectivity index (χ1v) is 7.77. The van der Waals surface area contributed by atoms with Crippen molar-refractivity contribution in [1.82, 2.24) is 20.0 Å². The number of aromatic nitrogens is 2. The molecule has 116 valence electrons. The lowest BCUT2D eigenvalue weighted by Crippen LogP contribution is -2.46. The minimum Gasteiger partial charge on any atom is -0.348 e. The Hall–Kier alpha value is -2.14. The fourth-order valence-electron chi connectivity index (χ4n) is 3.00. The maximum Gasteiger partial charge on any atom is 0.251 e. The number of piperidine rings is 1. The van der Waals surface area contributed by atoms with Crippen molar-refractivity contribution in [2.45, 2.75) is 25.4 Å². The van der Waals surface area contributed by atoms with Gasteiger partial charge in [0.05, 0.1) is 6.54 Å². The molecule has 1 fully saturated rings. The zero-order chi connectivity index (χ0) is 15.4. The number of rotatable bonds is 4. The molecule has 1 atom stereocenters. The number of likely N-dealkylation sites (tertiary alicyclic amines) is 1. The van der Waals surface area contributed by atoms with Gasteiger partial charge >= 0.3 is 0 Å². The van der Waals surface area contributed by atoms with Gasteiger partial charge in [-0.25, -0.2) is 0 Å². The van der Waals surface area contributed by atoms with Gasteiger partial charge < -0.3 is 10.2 Å². The average Bonchev–Trinajstić information content (AvgIpc) is 3.01. The maximum absolute atomic E-state index is 12.6. The van der Waals surface area contributed by atoms with Crippen LogP contribution < -0.4 is 5.32 Å². The molecule has 0 spiro atoms. The molecule has 5 heteroatoms. The molecule has 1 aliphatic rings. The van der Waals surface area contributed by atoms with Gasteiger partial charge in [0.2, 0.25) is 0 Å². The molecular formula is C17H22N4O. The van der Waals surface area contributed by atoms with Crippen LogP contribution in [0, 0.1) is 0 Å². The standard InChI is InChI=1S/C17H22N4O/c1-20-10-4-7-15(13-20)19-17(22)16-8-3-2-6-14(16)12-21-11-5-9-18-21/h2-3,5-6,8-9,11,15H,4,7,10,12-13H2,1H3,(H,19,22). The Kier molecular flexibility index (Phi) is 4.53. The Morgan fingerprint density at radius 2 is 2.23 bits per heavy atom. The van der Waals surface area contributed by atoms with Crippen LogP contribution in [-0.2, 0) is 6.54 Å². The monoisotopic (exact) mass is 298 g/mol. The molecule has 2 aromatic rings. The predicted molar refractivity (Wildman–Crippen MR) is 85.8 cm³/mol. The Balaban J connectivity index is 1.72. The van der Waals surface area contributed by atoms with Crippen molar-refractivity contribution in [2.75, 3.05) is 20.1 Å². The van der Waals surface area contributed by atoms with Gasteiger partial charge in [-0.05, 0) is 44.1 Å². The summed E-state index contributed by atoms with van der Waals surface area (Å²) in [6, 6.07) is 9.88. The van der Waals surface area contributed by atoms with Crippen molar-refractivity contribution in [3.8, 4) is 0 Å². The minimum absolute atomic E-state index is 0.0167. The summed E-state index contributed by atoms with van der Waals surface area (Å²) in [7, 11) is 2.10. The zero-order valence-corrected chi connectivity index (χ0v) is 12.9. The molecule has 1 saturated heterocycles. The first-order chi connectivity index (χ1) is 10.7. The summed E-state index contributed by atoms with van der Waals surface area (Å²) in [6.45, 7) is 2.65. The van der Waals surface area contributed by atoms with Crippen LogP contribution in [0.2, 0.25) is 0 Å². The molecule has 1 aromatic heterocycles. The highest BCUT2D eigenvalue weighted by Gasteiger charge is 2.20. The maximum atomic E-state index is 12.6. The molecule has 22 heavy (non-hydrogen) atoms. The zero-order valence-electron chi connectivity index (χ0n) is 12.9. The molecule has 1 N–H and O–H groups in total. The summed E-state index contributed by atoms with van der Waals surface area (Å²) in [5.74, 6) is 0.0167. The number of hydrogen-bond donors (Lipinski definition) is 1. The van der Waals surface area contributed by atoms with E-state index in [1.54, 1.807) is 6.20 Å². The predicted octanol–water partition coefficient (Wildman–Crippen LogP) is 1.76. The minimum atomic E-state index is 0.0167. The number of carbonyl (C=O) groups excluding carboxylic acids is 1. The third kappa shape index (κ3) is 3.54. The van der Waals surface area contributed by atoms with Crippen LogP contribution >= 0.6 is 0 Å². The van der Waals surface area contributed by atoms with Gasteiger partial charge in [-0.1, -0.05) is 18.2 Å². The molecular weight excluding hydrogens is 276 g/mol. The first kappa shape index (κ1) is 14.8. The second-order valence-corrected chi connectivity index (χ2v) is 5.94. The van der Waals surface area contributed by atoms with E-state index in [4.69, 9.17) is 0 Å². The van der Waals surface area contributed by atoms with Crippen molar-refractivity contribution in [1.29, 1.82) is 0 Å². The molecule has 0 aliphatic carbocycles. The van der Waals surface area contributed by atoms with Crippen LogP contribution in [0.25, 0.3) is 0 Å². The first-order valence-electron chi connectivity index (χ1n) is 7.77. The van der Waals surface area contributed by atoms with Gasteiger partial charge in [0, 0.05) is 30.5 Å². The molecule has 0 radical (unpaired) electrons. The van der Waals surface area contributed by atoms with E-state index in [0.29, 0.717) is 6.54 Å². The summed E-state index contributed by atoms with van der Waals surface area (Å²) in [5.41, 5.74) is 1.74. The van der Waals surface area contributed by atoms with Crippen molar-refractivity contribution in [2.24, 2.45) is 0 Å². The Morgan fingerprint density at radius 3 is 3.00 bits per heavy atom. The molecule has 2 heterocycles. The number of carbonyl (C=O) groups is 1. The summed E-state index contributed by atoms with van der Waals surface area (Å²) in [6.07, 6.45) is 5.85. The molecule has 1 amide bonds. The number of nitrogens with zero attached hydrogens (tertiary/aromatic N) is 3. The number of likely N-dealkylation sites (N-methyl/N-ethyl adjacent to an activating group) is 1.